The van der Waals surface area contributed by atoms with E-state index in [1.165, 1.54) is 25.3 Å². The topological polar surface area (TPSA) is 98.7 Å². The molecule has 0 aromatic heterocycles. The van der Waals surface area contributed by atoms with Gasteiger partial charge in [-0.25, -0.2) is 0 Å². The molecule has 7 nitrogen and oxygen atoms in total. The van der Waals surface area contributed by atoms with Crippen molar-refractivity contribution in [2.75, 3.05) is 26.7 Å². The Balaban J connectivity index is 1.89. The SMILES string of the molecule is COc1ccc([N+](=O)[O-])cc1C(=O)N1C[C@@H](CN)[C@H](c2ccccc2)C1. The van der Waals surface area contributed by atoms with Crippen molar-refractivity contribution in [3.63, 3.8) is 0 Å². The summed E-state index contributed by atoms with van der Waals surface area (Å²) in [6, 6.07) is 14.0. The summed E-state index contributed by atoms with van der Waals surface area (Å²) in [6.07, 6.45) is 0. The zero-order chi connectivity index (χ0) is 18.7. The van der Waals surface area contributed by atoms with Gasteiger partial charge in [0.25, 0.3) is 11.6 Å². The highest BCUT2D eigenvalue weighted by Crippen LogP contribution is 2.34. The maximum absolute atomic E-state index is 13.0. The molecule has 7 heteroatoms. The number of nitrogens with two attached hydrogens (primary N) is 1. The number of likely N-dealkylation sites (tertiary alicyclic amines) is 1. The van der Waals surface area contributed by atoms with Crippen LogP contribution in [-0.4, -0.2) is 42.5 Å². The van der Waals surface area contributed by atoms with Crippen molar-refractivity contribution >= 4 is 11.6 Å². The maximum Gasteiger partial charge on any atom is 0.270 e. The van der Waals surface area contributed by atoms with Crippen LogP contribution in [0.5, 0.6) is 5.75 Å². The molecule has 1 saturated heterocycles. The third-order valence-electron chi connectivity index (χ3n) is 4.88. The van der Waals surface area contributed by atoms with Gasteiger partial charge in [-0.3, -0.25) is 14.9 Å². The van der Waals surface area contributed by atoms with Crippen LogP contribution in [0.4, 0.5) is 5.69 Å². The number of nitro groups is 1. The second kappa shape index (κ2) is 7.53. The number of nitrogens with zero attached hydrogens (tertiary/aromatic N) is 2. The van der Waals surface area contributed by atoms with Gasteiger partial charge >= 0.3 is 0 Å². The van der Waals surface area contributed by atoms with Crippen LogP contribution >= 0.6 is 0 Å². The molecule has 2 aromatic rings. The summed E-state index contributed by atoms with van der Waals surface area (Å²) in [7, 11) is 1.44. The van der Waals surface area contributed by atoms with E-state index >= 15 is 0 Å². The Morgan fingerprint density at radius 1 is 1.27 bits per heavy atom. The minimum atomic E-state index is -0.518. The average molecular weight is 355 g/mol. The normalized spacial score (nSPS) is 19.4. The van der Waals surface area contributed by atoms with Crippen molar-refractivity contribution in [1.29, 1.82) is 0 Å². The molecule has 0 unspecified atom stereocenters. The summed E-state index contributed by atoms with van der Waals surface area (Å²) in [4.78, 5) is 25.3. The quantitative estimate of drug-likeness (QED) is 0.656. The van der Waals surface area contributed by atoms with Crippen molar-refractivity contribution in [3.05, 3.63) is 69.8 Å². The Labute approximate surface area is 151 Å². The largest absolute Gasteiger partial charge is 0.496 e. The first-order valence-corrected chi connectivity index (χ1v) is 8.42. The number of hydrogen-bond acceptors (Lipinski definition) is 5. The standard InChI is InChI=1S/C19H21N3O4/c1-26-18-8-7-15(22(24)25)9-16(18)19(23)21-11-14(10-20)17(12-21)13-5-3-2-4-6-13/h2-9,14,17H,10-12,20H2,1H3/t14-,17+/m1/s1. The van der Waals surface area contributed by atoms with E-state index in [0.717, 1.165) is 5.56 Å². The Kier molecular flexibility index (Phi) is 5.18. The zero-order valence-corrected chi connectivity index (χ0v) is 14.5. The van der Waals surface area contributed by atoms with Gasteiger partial charge in [-0.15, -0.1) is 0 Å². The van der Waals surface area contributed by atoms with E-state index in [4.69, 9.17) is 10.5 Å². The molecule has 2 N–H and O–H groups in total. The summed E-state index contributed by atoms with van der Waals surface area (Å²) in [5.41, 5.74) is 7.14. The summed E-state index contributed by atoms with van der Waals surface area (Å²) in [5.74, 6) is 0.344. The number of carbonyl (C=O) groups is 1. The highest BCUT2D eigenvalue weighted by Gasteiger charge is 2.36. The molecule has 136 valence electrons. The molecule has 1 aliphatic rings. The Bertz CT molecular complexity index is 810. The van der Waals surface area contributed by atoms with Crippen LogP contribution < -0.4 is 10.5 Å². The molecule has 3 rings (SSSR count). The Morgan fingerprint density at radius 2 is 2.00 bits per heavy atom. The van der Waals surface area contributed by atoms with E-state index in [1.807, 2.05) is 30.3 Å². The molecule has 1 amide bonds. The summed E-state index contributed by atoms with van der Waals surface area (Å²) >= 11 is 0. The van der Waals surface area contributed by atoms with Crippen LogP contribution in [-0.2, 0) is 0 Å². The molecule has 1 aliphatic heterocycles. The molecule has 1 heterocycles. The second-order valence-corrected chi connectivity index (χ2v) is 6.36. The van der Waals surface area contributed by atoms with Crippen LogP contribution in [0.3, 0.4) is 0 Å². The number of benzene rings is 2. The van der Waals surface area contributed by atoms with Crippen LogP contribution in [0, 0.1) is 16.0 Å². The lowest BCUT2D eigenvalue weighted by Crippen LogP contribution is -2.30. The molecule has 0 spiro atoms. The first-order chi connectivity index (χ1) is 12.5. The molecule has 2 aromatic carbocycles. The first kappa shape index (κ1) is 17.9. The minimum Gasteiger partial charge on any atom is -0.496 e. The van der Waals surface area contributed by atoms with Gasteiger partial charge < -0.3 is 15.4 Å². The number of nitro benzene ring substituents is 1. The van der Waals surface area contributed by atoms with Crippen molar-refractivity contribution in [1.82, 2.24) is 4.90 Å². The molecule has 1 fully saturated rings. The van der Waals surface area contributed by atoms with Gasteiger partial charge in [-0.1, -0.05) is 30.3 Å². The molecule has 26 heavy (non-hydrogen) atoms. The van der Waals surface area contributed by atoms with Gasteiger partial charge in [-0.05, 0) is 24.1 Å². The highest BCUT2D eigenvalue weighted by molar-refractivity contribution is 5.97. The molecule has 0 radical (unpaired) electrons. The summed E-state index contributed by atoms with van der Waals surface area (Å²) in [5, 5.41) is 11.1. The maximum atomic E-state index is 13.0. The lowest BCUT2D eigenvalue weighted by atomic mass is 9.89. The predicted molar refractivity (Wildman–Crippen MR) is 97.3 cm³/mol. The van der Waals surface area contributed by atoms with Gasteiger partial charge in [0.1, 0.15) is 5.75 Å². The molecule has 0 bridgehead atoms. The van der Waals surface area contributed by atoms with Gasteiger partial charge in [-0.2, -0.15) is 0 Å². The number of non-ortho nitro benzene ring substituents is 1. The fraction of sp³-hybridized carbons (Fsp3) is 0.316. The third-order valence-corrected chi connectivity index (χ3v) is 4.88. The van der Waals surface area contributed by atoms with Crippen LogP contribution in [0.2, 0.25) is 0 Å². The molecule has 2 atom stereocenters. The minimum absolute atomic E-state index is 0.136. The highest BCUT2D eigenvalue weighted by atomic mass is 16.6. The third kappa shape index (κ3) is 3.39. The monoisotopic (exact) mass is 355 g/mol. The van der Waals surface area contributed by atoms with Crippen LogP contribution in [0.25, 0.3) is 0 Å². The first-order valence-electron chi connectivity index (χ1n) is 8.42. The van der Waals surface area contributed by atoms with E-state index in [1.54, 1.807) is 4.90 Å². The fourth-order valence-electron chi connectivity index (χ4n) is 3.50. The van der Waals surface area contributed by atoms with Gasteiger partial charge in [0, 0.05) is 31.1 Å². The number of hydrogen-bond donors (Lipinski definition) is 1. The Morgan fingerprint density at radius 3 is 2.62 bits per heavy atom. The zero-order valence-electron chi connectivity index (χ0n) is 14.5. The number of amides is 1. The lowest BCUT2D eigenvalue weighted by Gasteiger charge is -2.18. The Hall–Kier alpha value is -2.93. The molecular formula is C19H21N3O4. The fourth-order valence-corrected chi connectivity index (χ4v) is 3.50. The smallest absolute Gasteiger partial charge is 0.270 e. The van der Waals surface area contributed by atoms with Crippen molar-refractivity contribution in [3.8, 4) is 5.75 Å². The van der Waals surface area contributed by atoms with Crippen molar-refractivity contribution in [2.45, 2.75) is 5.92 Å². The predicted octanol–water partition coefficient (Wildman–Crippen LogP) is 2.42. The van der Waals surface area contributed by atoms with Gasteiger partial charge in [0.05, 0.1) is 17.6 Å². The summed E-state index contributed by atoms with van der Waals surface area (Å²) < 4.78 is 5.23. The summed E-state index contributed by atoms with van der Waals surface area (Å²) in [6.45, 7) is 1.51. The number of ether oxygens (including phenoxy) is 1. The van der Waals surface area contributed by atoms with Crippen molar-refractivity contribution in [2.24, 2.45) is 11.7 Å². The van der Waals surface area contributed by atoms with Gasteiger partial charge in [0.15, 0.2) is 0 Å². The lowest BCUT2D eigenvalue weighted by molar-refractivity contribution is -0.384. The molecule has 0 saturated carbocycles. The van der Waals surface area contributed by atoms with E-state index < -0.39 is 4.92 Å². The number of rotatable bonds is 5. The van der Waals surface area contributed by atoms with E-state index in [-0.39, 0.29) is 29.0 Å². The number of methoxy groups -OCH3 is 1. The molecule has 0 aliphatic carbocycles. The van der Waals surface area contributed by atoms with Crippen molar-refractivity contribution < 1.29 is 14.5 Å². The van der Waals surface area contributed by atoms with E-state index in [0.29, 0.717) is 25.4 Å². The van der Waals surface area contributed by atoms with E-state index in [9.17, 15) is 14.9 Å². The van der Waals surface area contributed by atoms with Gasteiger partial charge in [0.2, 0.25) is 0 Å². The molecular weight excluding hydrogens is 334 g/mol. The average Bonchev–Trinajstić information content (AvgIpc) is 3.12. The second-order valence-electron chi connectivity index (χ2n) is 6.36. The van der Waals surface area contributed by atoms with Crippen LogP contribution in [0.15, 0.2) is 48.5 Å². The van der Waals surface area contributed by atoms with E-state index in [2.05, 4.69) is 0 Å². The number of carbonyl (C=O) groups excluding carboxylic acids is 1. The van der Waals surface area contributed by atoms with Crippen LogP contribution in [0.1, 0.15) is 21.8 Å².